The molecule has 28 heavy (non-hydrogen) atoms. The Bertz CT molecular complexity index is 872. The molecule has 9 nitrogen and oxygen atoms in total. The summed E-state index contributed by atoms with van der Waals surface area (Å²) in [5, 5.41) is 10.5. The van der Waals surface area contributed by atoms with Gasteiger partial charge in [0.2, 0.25) is 5.91 Å². The monoisotopic (exact) mass is 401 g/mol. The summed E-state index contributed by atoms with van der Waals surface area (Å²) in [6.45, 7) is 1.50. The molecule has 0 radical (unpaired) electrons. The lowest BCUT2D eigenvalue weighted by Crippen LogP contribution is -2.44. The van der Waals surface area contributed by atoms with Crippen LogP contribution in [0.5, 0.6) is 5.75 Å². The minimum atomic E-state index is -0.696. The lowest BCUT2D eigenvalue weighted by Gasteiger charge is -2.17. The number of nitrogens with one attached hydrogen (secondary N) is 2. The highest BCUT2D eigenvalue weighted by molar-refractivity contribution is 8.14. The molecule has 2 heterocycles. The normalized spacial score (nSPS) is 18.1. The summed E-state index contributed by atoms with van der Waals surface area (Å²) < 4.78 is 5.02. The van der Waals surface area contributed by atoms with E-state index in [0.717, 1.165) is 37.7 Å². The number of likely N-dealkylation sites (tertiary alicyclic amines) is 1. The SMILES string of the molecule is COc1ccc(C(=O)N=C2C(=N)N=C(SCC(=O)N3CCCC3)NC2=O)cc1. The largest absolute Gasteiger partial charge is 0.497 e. The predicted molar refractivity (Wildman–Crippen MR) is 106 cm³/mol. The Labute approximate surface area is 165 Å². The van der Waals surface area contributed by atoms with Crippen LogP contribution in [-0.2, 0) is 9.59 Å². The average Bonchev–Trinajstić information content (AvgIpc) is 3.24. The summed E-state index contributed by atoms with van der Waals surface area (Å²) in [6.07, 6.45) is 2.00. The van der Waals surface area contributed by atoms with Crippen molar-refractivity contribution in [3.05, 3.63) is 29.8 Å². The quantitative estimate of drug-likeness (QED) is 0.782. The summed E-state index contributed by atoms with van der Waals surface area (Å²) in [7, 11) is 1.51. The van der Waals surface area contributed by atoms with E-state index < -0.39 is 17.6 Å². The van der Waals surface area contributed by atoms with Crippen LogP contribution in [0.2, 0.25) is 0 Å². The molecular weight excluding hydrogens is 382 g/mol. The van der Waals surface area contributed by atoms with Gasteiger partial charge in [0.15, 0.2) is 16.7 Å². The van der Waals surface area contributed by atoms with Crippen LogP contribution < -0.4 is 10.1 Å². The lowest BCUT2D eigenvalue weighted by molar-refractivity contribution is -0.127. The molecular formula is C18H19N5O4S. The van der Waals surface area contributed by atoms with E-state index in [-0.39, 0.29) is 28.1 Å². The molecule has 0 unspecified atom stereocenters. The number of benzene rings is 1. The lowest BCUT2D eigenvalue weighted by atomic mass is 10.2. The van der Waals surface area contributed by atoms with Crippen molar-refractivity contribution < 1.29 is 19.1 Å². The number of aliphatic imine (C=N–C) groups is 2. The Morgan fingerprint density at radius 3 is 2.57 bits per heavy atom. The van der Waals surface area contributed by atoms with Gasteiger partial charge in [-0.15, -0.1) is 0 Å². The predicted octanol–water partition coefficient (Wildman–Crippen LogP) is 1.10. The number of hydrogen-bond acceptors (Lipinski definition) is 6. The Hall–Kier alpha value is -3.01. The molecule has 1 aromatic carbocycles. The first-order valence-corrected chi connectivity index (χ1v) is 9.63. The fourth-order valence-electron chi connectivity index (χ4n) is 2.71. The fraction of sp³-hybridized carbons (Fsp3) is 0.333. The number of ether oxygens (including phenoxy) is 1. The number of methoxy groups -OCH3 is 1. The van der Waals surface area contributed by atoms with Crippen LogP contribution in [-0.4, -0.2) is 65.3 Å². The topological polar surface area (TPSA) is 124 Å². The van der Waals surface area contributed by atoms with Crippen molar-refractivity contribution in [1.29, 1.82) is 5.41 Å². The van der Waals surface area contributed by atoms with E-state index in [4.69, 9.17) is 10.1 Å². The molecule has 0 spiro atoms. The molecule has 3 rings (SSSR count). The summed E-state index contributed by atoms with van der Waals surface area (Å²) >= 11 is 1.05. The van der Waals surface area contributed by atoms with Gasteiger partial charge in [-0.05, 0) is 37.1 Å². The summed E-state index contributed by atoms with van der Waals surface area (Å²) in [4.78, 5) is 46.0. The van der Waals surface area contributed by atoms with Gasteiger partial charge in [0, 0.05) is 18.7 Å². The molecule has 0 aromatic heterocycles. The number of thioether (sulfide) groups is 1. The van der Waals surface area contributed by atoms with Crippen molar-refractivity contribution in [2.45, 2.75) is 12.8 Å². The van der Waals surface area contributed by atoms with E-state index in [2.05, 4.69) is 15.3 Å². The maximum Gasteiger partial charge on any atom is 0.279 e. The van der Waals surface area contributed by atoms with Crippen LogP contribution in [0.3, 0.4) is 0 Å². The maximum atomic E-state index is 12.2. The Morgan fingerprint density at radius 2 is 1.96 bits per heavy atom. The van der Waals surface area contributed by atoms with Crippen molar-refractivity contribution in [3.63, 3.8) is 0 Å². The zero-order chi connectivity index (χ0) is 20.1. The first-order valence-electron chi connectivity index (χ1n) is 8.64. The molecule has 146 valence electrons. The first kappa shape index (κ1) is 19.7. The van der Waals surface area contributed by atoms with E-state index in [9.17, 15) is 14.4 Å². The third kappa shape index (κ3) is 4.63. The standard InChI is InChI=1S/C18H19N5O4S/c1-27-12-6-4-11(5-7-12)16(25)20-14-15(19)21-18(22-17(14)26)28-10-13(24)23-8-2-3-9-23/h4-7H,2-3,8-10H2,1H3,(H2,19,21,22,26). The second kappa shape index (κ2) is 8.79. The molecule has 0 aliphatic carbocycles. The molecule has 0 saturated carbocycles. The second-order valence-electron chi connectivity index (χ2n) is 6.09. The molecule has 3 amide bonds. The van der Waals surface area contributed by atoms with Crippen LogP contribution >= 0.6 is 11.8 Å². The smallest absolute Gasteiger partial charge is 0.279 e. The summed E-state index contributed by atoms with van der Waals surface area (Å²) in [5.41, 5.74) is -0.106. The van der Waals surface area contributed by atoms with Crippen LogP contribution in [0, 0.1) is 5.41 Å². The van der Waals surface area contributed by atoms with Crippen LogP contribution in [0.15, 0.2) is 34.3 Å². The molecule has 1 fully saturated rings. The number of carbonyl (C=O) groups is 3. The number of nitrogens with zero attached hydrogens (tertiary/aromatic N) is 3. The number of amides is 3. The molecule has 2 N–H and O–H groups in total. The van der Waals surface area contributed by atoms with E-state index >= 15 is 0 Å². The zero-order valence-electron chi connectivity index (χ0n) is 15.2. The van der Waals surface area contributed by atoms with Crippen LogP contribution in [0.4, 0.5) is 0 Å². The van der Waals surface area contributed by atoms with E-state index in [0.29, 0.717) is 5.75 Å². The first-order chi connectivity index (χ1) is 13.5. The van der Waals surface area contributed by atoms with Gasteiger partial charge in [-0.1, -0.05) is 11.8 Å². The zero-order valence-corrected chi connectivity index (χ0v) is 16.0. The molecule has 1 saturated heterocycles. The highest BCUT2D eigenvalue weighted by Crippen LogP contribution is 2.14. The van der Waals surface area contributed by atoms with Gasteiger partial charge in [-0.3, -0.25) is 25.1 Å². The maximum absolute atomic E-state index is 12.2. The van der Waals surface area contributed by atoms with Crippen molar-refractivity contribution in [2.24, 2.45) is 9.98 Å². The van der Waals surface area contributed by atoms with Gasteiger partial charge in [0.1, 0.15) is 5.75 Å². The molecule has 0 bridgehead atoms. The van der Waals surface area contributed by atoms with E-state index in [1.165, 1.54) is 19.2 Å². The van der Waals surface area contributed by atoms with Gasteiger partial charge < -0.3 is 9.64 Å². The second-order valence-corrected chi connectivity index (χ2v) is 7.05. The van der Waals surface area contributed by atoms with Crippen molar-refractivity contribution in [2.75, 3.05) is 26.0 Å². The van der Waals surface area contributed by atoms with Crippen LogP contribution in [0.1, 0.15) is 23.2 Å². The Kier molecular flexibility index (Phi) is 6.19. The van der Waals surface area contributed by atoms with Gasteiger partial charge in [0.05, 0.1) is 12.9 Å². The molecule has 2 aliphatic heterocycles. The van der Waals surface area contributed by atoms with Crippen molar-refractivity contribution in [3.8, 4) is 5.75 Å². The third-order valence-corrected chi connectivity index (χ3v) is 5.07. The minimum absolute atomic E-state index is 0.0277. The highest BCUT2D eigenvalue weighted by Gasteiger charge is 2.27. The molecule has 1 aromatic rings. The van der Waals surface area contributed by atoms with E-state index in [1.54, 1.807) is 17.0 Å². The highest BCUT2D eigenvalue weighted by atomic mass is 32.2. The molecule has 10 heteroatoms. The summed E-state index contributed by atoms with van der Waals surface area (Å²) in [5.74, 6) is -1.08. The van der Waals surface area contributed by atoms with Crippen molar-refractivity contribution >= 4 is 46.2 Å². The number of hydrogen-bond donors (Lipinski definition) is 2. The van der Waals surface area contributed by atoms with Crippen molar-refractivity contribution in [1.82, 2.24) is 10.2 Å². The minimum Gasteiger partial charge on any atom is -0.497 e. The van der Waals surface area contributed by atoms with Gasteiger partial charge in [-0.2, -0.15) is 4.99 Å². The number of rotatable bonds is 4. The van der Waals surface area contributed by atoms with Gasteiger partial charge >= 0.3 is 0 Å². The number of amidine groups is 2. The van der Waals surface area contributed by atoms with E-state index in [1.807, 2.05) is 0 Å². The third-order valence-electron chi connectivity index (χ3n) is 4.21. The average molecular weight is 401 g/mol. The fourth-order valence-corrected chi connectivity index (χ4v) is 3.47. The molecule has 0 atom stereocenters. The Morgan fingerprint density at radius 1 is 1.29 bits per heavy atom. The summed E-state index contributed by atoms with van der Waals surface area (Å²) in [6, 6.07) is 6.24. The van der Waals surface area contributed by atoms with Gasteiger partial charge in [-0.25, -0.2) is 4.99 Å². The number of carbonyl (C=O) groups excluding carboxylic acids is 3. The van der Waals surface area contributed by atoms with Gasteiger partial charge in [0.25, 0.3) is 11.8 Å². The Balaban J connectivity index is 1.64. The molecule has 2 aliphatic rings. The van der Waals surface area contributed by atoms with Crippen LogP contribution in [0.25, 0.3) is 0 Å².